The SMILES string of the molecule is O[C@@H]1COc2ccccc2C1. The second-order valence-corrected chi connectivity index (χ2v) is 2.78. The van der Waals surface area contributed by atoms with Crippen LogP contribution >= 0.6 is 0 Å². The topological polar surface area (TPSA) is 29.5 Å². The van der Waals surface area contributed by atoms with Crippen molar-refractivity contribution in [3.63, 3.8) is 0 Å². The first-order chi connectivity index (χ1) is 5.36. The molecule has 1 aromatic carbocycles. The minimum Gasteiger partial charge on any atom is -0.491 e. The van der Waals surface area contributed by atoms with Crippen molar-refractivity contribution >= 4 is 0 Å². The largest absolute Gasteiger partial charge is 0.491 e. The van der Waals surface area contributed by atoms with E-state index in [1.54, 1.807) is 0 Å². The Labute approximate surface area is 65.4 Å². The molecule has 0 saturated heterocycles. The second-order valence-electron chi connectivity index (χ2n) is 2.78. The smallest absolute Gasteiger partial charge is 0.122 e. The average Bonchev–Trinajstić information content (AvgIpc) is 2.04. The molecular weight excluding hydrogens is 140 g/mol. The molecule has 1 N–H and O–H groups in total. The van der Waals surface area contributed by atoms with Gasteiger partial charge in [-0.15, -0.1) is 0 Å². The maximum atomic E-state index is 9.23. The fraction of sp³-hybridized carbons (Fsp3) is 0.333. The highest BCUT2D eigenvalue weighted by Crippen LogP contribution is 2.23. The van der Waals surface area contributed by atoms with E-state index in [4.69, 9.17) is 4.74 Å². The second kappa shape index (κ2) is 2.55. The van der Waals surface area contributed by atoms with E-state index in [2.05, 4.69) is 0 Å². The third-order valence-corrected chi connectivity index (χ3v) is 1.86. The molecule has 0 radical (unpaired) electrons. The molecule has 0 bridgehead atoms. The Bertz CT molecular complexity index is 257. The average molecular weight is 150 g/mol. The van der Waals surface area contributed by atoms with E-state index in [9.17, 15) is 5.11 Å². The molecule has 0 aromatic heterocycles. The molecule has 1 aliphatic heterocycles. The predicted molar refractivity (Wildman–Crippen MR) is 41.6 cm³/mol. The van der Waals surface area contributed by atoms with Gasteiger partial charge in [-0.3, -0.25) is 0 Å². The molecule has 1 aliphatic rings. The molecule has 0 amide bonds. The molecule has 1 heterocycles. The molecule has 58 valence electrons. The van der Waals surface area contributed by atoms with E-state index < -0.39 is 0 Å². The maximum Gasteiger partial charge on any atom is 0.122 e. The number of rotatable bonds is 0. The summed E-state index contributed by atoms with van der Waals surface area (Å²) in [5.74, 6) is 0.915. The standard InChI is InChI=1S/C9H10O2/c10-8-5-7-3-1-2-4-9(7)11-6-8/h1-4,8,10H,5-6H2/t8-/m0/s1. The van der Waals surface area contributed by atoms with Crippen molar-refractivity contribution < 1.29 is 9.84 Å². The lowest BCUT2D eigenvalue weighted by Crippen LogP contribution is -2.25. The van der Waals surface area contributed by atoms with E-state index in [0.717, 1.165) is 17.7 Å². The van der Waals surface area contributed by atoms with Crippen LogP contribution in [-0.4, -0.2) is 17.8 Å². The highest BCUT2D eigenvalue weighted by Gasteiger charge is 2.15. The fourth-order valence-electron chi connectivity index (χ4n) is 1.31. The first-order valence-electron chi connectivity index (χ1n) is 3.75. The quantitative estimate of drug-likeness (QED) is 0.597. The molecule has 2 heteroatoms. The highest BCUT2D eigenvalue weighted by molar-refractivity contribution is 5.35. The van der Waals surface area contributed by atoms with Gasteiger partial charge in [0.2, 0.25) is 0 Å². The van der Waals surface area contributed by atoms with Crippen molar-refractivity contribution in [2.75, 3.05) is 6.61 Å². The van der Waals surface area contributed by atoms with Crippen LogP contribution in [0.4, 0.5) is 0 Å². The highest BCUT2D eigenvalue weighted by atomic mass is 16.5. The molecule has 11 heavy (non-hydrogen) atoms. The Morgan fingerprint density at radius 2 is 2.18 bits per heavy atom. The molecule has 1 atom stereocenters. The van der Waals surface area contributed by atoms with Crippen LogP contribution in [0.5, 0.6) is 5.75 Å². The molecule has 2 rings (SSSR count). The Morgan fingerprint density at radius 1 is 1.36 bits per heavy atom. The van der Waals surface area contributed by atoms with Crippen molar-refractivity contribution in [2.24, 2.45) is 0 Å². The van der Waals surface area contributed by atoms with Crippen LogP contribution in [-0.2, 0) is 6.42 Å². The zero-order chi connectivity index (χ0) is 7.68. The first-order valence-corrected chi connectivity index (χ1v) is 3.75. The summed E-state index contributed by atoms with van der Waals surface area (Å²) in [5, 5.41) is 9.23. The number of aliphatic hydroxyl groups is 1. The number of para-hydroxylation sites is 1. The molecule has 0 spiro atoms. The van der Waals surface area contributed by atoms with Crippen LogP contribution in [0.25, 0.3) is 0 Å². The van der Waals surface area contributed by atoms with Crippen molar-refractivity contribution in [3.8, 4) is 5.75 Å². The summed E-state index contributed by atoms with van der Waals surface area (Å²) >= 11 is 0. The van der Waals surface area contributed by atoms with Gasteiger partial charge >= 0.3 is 0 Å². The molecule has 0 fully saturated rings. The minimum absolute atomic E-state index is 0.329. The van der Waals surface area contributed by atoms with E-state index in [1.165, 1.54) is 0 Å². The van der Waals surface area contributed by atoms with Crippen LogP contribution in [0.2, 0.25) is 0 Å². The lowest BCUT2D eigenvalue weighted by Gasteiger charge is -2.20. The molecular formula is C9H10O2. The molecule has 1 aromatic rings. The summed E-state index contributed by atoms with van der Waals surface area (Å²) < 4.78 is 5.29. The van der Waals surface area contributed by atoms with E-state index in [0.29, 0.717) is 6.61 Å². The normalized spacial score (nSPS) is 22.1. The number of fused-ring (bicyclic) bond motifs is 1. The number of benzene rings is 1. The summed E-state index contributed by atoms with van der Waals surface area (Å²) in [7, 11) is 0. The number of hydrogen-bond acceptors (Lipinski definition) is 2. The van der Waals surface area contributed by atoms with Crippen molar-refractivity contribution in [1.29, 1.82) is 0 Å². The van der Waals surface area contributed by atoms with Crippen molar-refractivity contribution in [2.45, 2.75) is 12.5 Å². The van der Waals surface area contributed by atoms with Crippen LogP contribution in [0.15, 0.2) is 24.3 Å². The Balaban J connectivity index is 2.34. The minimum atomic E-state index is -0.329. The van der Waals surface area contributed by atoms with Gasteiger partial charge in [0.25, 0.3) is 0 Å². The summed E-state index contributed by atoms with van der Waals surface area (Å²) in [6, 6.07) is 7.82. The van der Waals surface area contributed by atoms with Crippen molar-refractivity contribution in [3.05, 3.63) is 29.8 Å². The summed E-state index contributed by atoms with van der Waals surface area (Å²) in [6.07, 6.45) is 0.390. The number of ether oxygens (including phenoxy) is 1. The van der Waals surface area contributed by atoms with Crippen LogP contribution in [0, 0.1) is 0 Å². The van der Waals surface area contributed by atoms with E-state index in [-0.39, 0.29) is 6.10 Å². The van der Waals surface area contributed by atoms with Gasteiger partial charge < -0.3 is 9.84 Å². The molecule has 2 nitrogen and oxygen atoms in total. The van der Waals surface area contributed by atoms with Gasteiger partial charge in [-0.05, 0) is 11.6 Å². The van der Waals surface area contributed by atoms with Gasteiger partial charge in [-0.25, -0.2) is 0 Å². The molecule has 0 saturated carbocycles. The predicted octanol–water partition coefficient (Wildman–Crippen LogP) is 0.982. The summed E-state index contributed by atoms with van der Waals surface area (Å²) in [4.78, 5) is 0. The fourth-order valence-corrected chi connectivity index (χ4v) is 1.31. The van der Waals surface area contributed by atoms with Crippen LogP contribution in [0.1, 0.15) is 5.56 Å². The molecule has 0 aliphatic carbocycles. The van der Waals surface area contributed by atoms with Crippen molar-refractivity contribution in [1.82, 2.24) is 0 Å². The lowest BCUT2D eigenvalue weighted by molar-refractivity contribution is 0.0921. The van der Waals surface area contributed by atoms with E-state index in [1.807, 2.05) is 24.3 Å². The van der Waals surface area contributed by atoms with Crippen LogP contribution < -0.4 is 4.74 Å². The first kappa shape index (κ1) is 6.68. The Morgan fingerprint density at radius 3 is 3.09 bits per heavy atom. The lowest BCUT2D eigenvalue weighted by atomic mass is 10.1. The Kier molecular flexibility index (Phi) is 1.55. The van der Waals surface area contributed by atoms with Gasteiger partial charge in [0.05, 0.1) is 6.10 Å². The number of aliphatic hydroxyl groups excluding tert-OH is 1. The summed E-state index contributed by atoms with van der Waals surface area (Å²) in [5.41, 5.74) is 1.10. The van der Waals surface area contributed by atoms with Crippen LogP contribution in [0.3, 0.4) is 0 Å². The van der Waals surface area contributed by atoms with Gasteiger partial charge in [0.1, 0.15) is 12.4 Å². The third kappa shape index (κ3) is 1.21. The Hall–Kier alpha value is -1.02. The zero-order valence-corrected chi connectivity index (χ0v) is 6.16. The summed E-state index contributed by atoms with van der Waals surface area (Å²) in [6.45, 7) is 0.428. The third-order valence-electron chi connectivity index (χ3n) is 1.86. The maximum absolute atomic E-state index is 9.23. The van der Waals surface area contributed by atoms with E-state index >= 15 is 0 Å². The zero-order valence-electron chi connectivity index (χ0n) is 6.16. The molecule has 0 unspecified atom stereocenters. The van der Waals surface area contributed by atoms with Gasteiger partial charge in [-0.1, -0.05) is 18.2 Å². The monoisotopic (exact) mass is 150 g/mol. The van der Waals surface area contributed by atoms with Gasteiger partial charge in [0.15, 0.2) is 0 Å². The van der Waals surface area contributed by atoms with Gasteiger partial charge in [0, 0.05) is 6.42 Å². The number of hydrogen-bond donors (Lipinski definition) is 1. The van der Waals surface area contributed by atoms with Gasteiger partial charge in [-0.2, -0.15) is 0 Å².